The number of likely N-dealkylation sites (tertiary alicyclic amines) is 1. The first kappa shape index (κ1) is 11.0. The molecule has 2 N–H and O–H groups in total. The molecule has 3 aliphatic rings. The molecule has 0 aromatic heterocycles. The first-order valence-corrected chi connectivity index (χ1v) is 7.31. The van der Waals surface area contributed by atoms with Gasteiger partial charge in [-0.05, 0) is 62.8 Å². The van der Waals surface area contributed by atoms with E-state index in [-0.39, 0.29) is 0 Å². The Bertz CT molecular complexity index is 241. The summed E-state index contributed by atoms with van der Waals surface area (Å²) in [5, 5.41) is 0. The molecule has 2 nitrogen and oxygen atoms in total. The molecule has 4 atom stereocenters. The van der Waals surface area contributed by atoms with Gasteiger partial charge in [0.05, 0.1) is 0 Å². The zero-order valence-corrected chi connectivity index (χ0v) is 10.4. The summed E-state index contributed by atoms with van der Waals surface area (Å²) < 4.78 is 0. The fourth-order valence-corrected chi connectivity index (χ4v) is 4.64. The highest BCUT2D eigenvalue weighted by molar-refractivity contribution is 4.93. The maximum atomic E-state index is 5.70. The molecule has 4 unspecified atom stereocenters. The molecule has 0 aromatic rings. The van der Waals surface area contributed by atoms with E-state index in [4.69, 9.17) is 5.73 Å². The van der Waals surface area contributed by atoms with Crippen LogP contribution in [0.4, 0.5) is 0 Å². The predicted octanol–water partition coefficient (Wildman–Crippen LogP) is 2.24. The van der Waals surface area contributed by atoms with Gasteiger partial charge in [0.25, 0.3) is 0 Å². The minimum absolute atomic E-state index is 0.840. The molecular formula is C14H26N2. The summed E-state index contributed by atoms with van der Waals surface area (Å²) in [6.45, 7) is 3.28. The zero-order valence-electron chi connectivity index (χ0n) is 10.4. The molecule has 3 rings (SSSR count). The molecule has 16 heavy (non-hydrogen) atoms. The summed E-state index contributed by atoms with van der Waals surface area (Å²) in [5.74, 6) is 3.28. The largest absolute Gasteiger partial charge is 0.329 e. The van der Waals surface area contributed by atoms with Crippen LogP contribution in [0.2, 0.25) is 0 Å². The number of fused-ring (bicyclic) bond motifs is 2. The normalized spacial score (nSPS) is 43.3. The van der Waals surface area contributed by atoms with Crippen LogP contribution in [-0.4, -0.2) is 30.6 Å². The van der Waals surface area contributed by atoms with Gasteiger partial charge in [0, 0.05) is 19.1 Å². The molecule has 1 heterocycles. The van der Waals surface area contributed by atoms with Gasteiger partial charge >= 0.3 is 0 Å². The summed E-state index contributed by atoms with van der Waals surface area (Å²) in [5.41, 5.74) is 5.70. The Hall–Kier alpha value is -0.0800. The number of hydrogen-bond acceptors (Lipinski definition) is 2. The second-order valence-corrected chi connectivity index (χ2v) is 6.29. The Labute approximate surface area is 99.6 Å². The highest BCUT2D eigenvalue weighted by Gasteiger charge is 2.41. The maximum absolute atomic E-state index is 5.70. The summed E-state index contributed by atoms with van der Waals surface area (Å²) in [6.07, 6.45) is 10.5. The third-order valence-electron chi connectivity index (χ3n) is 5.37. The van der Waals surface area contributed by atoms with Gasteiger partial charge in [0.2, 0.25) is 0 Å². The van der Waals surface area contributed by atoms with Gasteiger partial charge in [-0.2, -0.15) is 0 Å². The maximum Gasteiger partial charge on any atom is 0.0108 e. The molecule has 0 amide bonds. The molecule has 0 spiro atoms. The fourth-order valence-electron chi connectivity index (χ4n) is 4.64. The van der Waals surface area contributed by atoms with Crippen molar-refractivity contribution < 1.29 is 0 Å². The Morgan fingerprint density at radius 3 is 2.75 bits per heavy atom. The number of rotatable bonds is 4. The second kappa shape index (κ2) is 4.66. The quantitative estimate of drug-likeness (QED) is 0.790. The summed E-state index contributed by atoms with van der Waals surface area (Å²) >= 11 is 0. The highest BCUT2D eigenvalue weighted by atomic mass is 15.2. The van der Waals surface area contributed by atoms with Crippen LogP contribution in [0.3, 0.4) is 0 Å². The number of nitrogens with two attached hydrogens (primary N) is 1. The molecule has 1 aliphatic heterocycles. The van der Waals surface area contributed by atoms with Gasteiger partial charge in [-0.1, -0.05) is 6.42 Å². The lowest BCUT2D eigenvalue weighted by Gasteiger charge is -2.30. The third-order valence-corrected chi connectivity index (χ3v) is 5.37. The van der Waals surface area contributed by atoms with Gasteiger partial charge in [-0.15, -0.1) is 0 Å². The predicted molar refractivity (Wildman–Crippen MR) is 67.2 cm³/mol. The minimum Gasteiger partial charge on any atom is -0.329 e. The molecule has 2 aliphatic carbocycles. The van der Waals surface area contributed by atoms with E-state index in [9.17, 15) is 0 Å². The molecular weight excluding hydrogens is 196 g/mol. The molecule has 92 valence electrons. The molecule has 1 saturated heterocycles. The van der Waals surface area contributed by atoms with Crippen LogP contribution in [0.15, 0.2) is 0 Å². The smallest absolute Gasteiger partial charge is 0.0108 e. The Morgan fingerprint density at radius 1 is 1.12 bits per heavy atom. The summed E-state index contributed by atoms with van der Waals surface area (Å²) in [4.78, 5) is 2.66. The lowest BCUT2D eigenvalue weighted by molar-refractivity contribution is 0.194. The lowest BCUT2D eigenvalue weighted by Crippen LogP contribution is -2.35. The molecule has 2 saturated carbocycles. The van der Waals surface area contributed by atoms with Crippen molar-refractivity contribution in [1.29, 1.82) is 0 Å². The van der Waals surface area contributed by atoms with Crippen molar-refractivity contribution in [3.8, 4) is 0 Å². The van der Waals surface area contributed by atoms with Crippen LogP contribution < -0.4 is 5.73 Å². The van der Waals surface area contributed by atoms with Crippen molar-refractivity contribution >= 4 is 0 Å². The molecule has 2 bridgehead atoms. The third kappa shape index (κ3) is 2.02. The van der Waals surface area contributed by atoms with Crippen molar-refractivity contribution in [3.63, 3.8) is 0 Å². The van der Waals surface area contributed by atoms with Gasteiger partial charge in [0.1, 0.15) is 0 Å². The fraction of sp³-hybridized carbons (Fsp3) is 1.00. The second-order valence-electron chi connectivity index (χ2n) is 6.29. The van der Waals surface area contributed by atoms with E-state index in [2.05, 4.69) is 4.90 Å². The zero-order chi connectivity index (χ0) is 11.0. The molecule has 2 heteroatoms. The van der Waals surface area contributed by atoms with Crippen LogP contribution in [0, 0.1) is 17.8 Å². The first-order valence-electron chi connectivity index (χ1n) is 7.31. The lowest BCUT2D eigenvalue weighted by atomic mass is 9.84. The topological polar surface area (TPSA) is 29.3 Å². The monoisotopic (exact) mass is 222 g/mol. The van der Waals surface area contributed by atoms with Gasteiger partial charge in [-0.25, -0.2) is 0 Å². The minimum atomic E-state index is 0.840. The van der Waals surface area contributed by atoms with Gasteiger partial charge < -0.3 is 5.73 Å². The molecule has 0 aromatic carbocycles. The van der Waals surface area contributed by atoms with Crippen LogP contribution in [0.1, 0.15) is 44.9 Å². The number of nitrogens with zero attached hydrogens (tertiary/aromatic N) is 1. The van der Waals surface area contributed by atoms with E-state index in [0.717, 1.165) is 36.9 Å². The van der Waals surface area contributed by atoms with Crippen molar-refractivity contribution in [3.05, 3.63) is 0 Å². The molecule has 0 radical (unpaired) electrons. The summed E-state index contributed by atoms with van der Waals surface area (Å²) in [7, 11) is 0. The van der Waals surface area contributed by atoms with E-state index in [1.807, 2.05) is 0 Å². The average molecular weight is 222 g/mol. The van der Waals surface area contributed by atoms with Crippen molar-refractivity contribution in [2.75, 3.05) is 19.6 Å². The highest BCUT2D eigenvalue weighted by Crippen LogP contribution is 2.50. The van der Waals surface area contributed by atoms with Crippen LogP contribution in [-0.2, 0) is 0 Å². The van der Waals surface area contributed by atoms with E-state index < -0.39 is 0 Å². The van der Waals surface area contributed by atoms with Crippen LogP contribution in [0.5, 0.6) is 0 Å². The SMILES string of the molecule is NCCN1CCCC1CC1CC2CCC1C2. The van der Waals surface area contributed by atoms with Gasteiger partial charge in [0.15, 0.2) is 0 Å². The Kier molecular flexibility index (Phi) is 3.21. The Morgan fingerprint density at radius 2 is 2.06 bits per heavy atom. The van der Waals surface area contributed by atoms with Crippen LogP contribution in [0.25, 0.3) is 0 Å². The van der Waals surface area contributed by atoms with E-state index >= 15 is 0 Å². The van der Waals surface area contributed by atoms with Gasteiger partial charge in [-0.3, -0.25) is 4.90 Å². The standard InChI is InChI=1S/C14H26N2/c15-5-7-16-6-1-2-14(16)10-13-9-11-3-4-12(13)8-11/h11-14H,1-10,15H2. The summed E-state index contributed by atoms with van der Waals surface area (Å²) in [6, 6.07) is 0.882. The average Bonchev–Trinajstić information content (AvgIpc) is 2.96. The van der Waals surface area contributed by atoms with Crippen molar-refractivity contribution in [1.82, 2.24) is 4.90 Å². The van der Waals surface area contributed by atoms with Crippen molar-refractivity contribution in [2.45, 2.75) is 51.0 Å². The van der Waals surface area contributed by atoms with E-state index in [0.29, 0.717) is 0 Å². The molecule has 3 fully saturated rings. The number of hydrogen-bond donors (Lipinski definition) is 1. The first-order chi connectivity index (χ1) is 7.86. The van der Waals surface area contributed by atoms with E-state index in [1.54, 1.807) is 25.7 Å². The van der Waals surface area contributed by atoms with E-state index in [1.165, 1.54) is 25.8 Å². The van der Waals surface area contributed by atoms with Crippen molar-refractivity contribution in [2.24, 2.45) is 23.5 Å². The Balaban J connectivity index is 1.54. The van der Waals surface area contributed by atoms with Crippen LogP contribution >= 0.6 is 0 Å².